The van der Waals surface area contributed by atoms with E-state index in [1.807, 2.05) is 13.8 Å². The Labute approximate surface area is 125 Å². The number of hydrogen-bond donors (Lipinski definition) is 1. The number of amides is 1. The molecule has 4 nitrogen and oxygen atoms in total. The minimum Gasteiger partial charge on any atom is -0.494 e. The summed E-state index contributed by atoms with van der Waals surface area (Å²) in [6, 6.07) is 0. The van der Waals surface area contributed by atoms with Crippen LogP contribution in [0.4, 0.5) is 0 Å². The van der Waals surface area contributed by atoms with E-state index < -0.39 is 6.10 Å². The first-order chi connectivity index (χ1) is 8.95. The Kier molecular flexibility index (Phi) is 4.53. The summed E-state index contributed by atoms with van der Waals surface area (Å²) >= 11 is 4.86. The fourth-order valence-electron chi connectivity index (χ4n) is 2.20. The van der Waals surface area contributed by atoms with Crippen molar-refractivity contribution >= 4 is 33.2 Å². The molecule has 19 heavy (non-hydrogen) atoms. The zero-order chi connectivity index (χ0) is 14.2. The number of thiophene rings is 1. The van der Waals surface area contributed by atoms with Crippen molar-refractivity contribution < 1.29 is 14.6 Å². The quantitative estimate of drug-likeness (QED) is 0.894. The normalized spacial score (nSPS) is 23.5. The van der Waals surface area contributed by atoms with Crippen LogP contribution in [0.3, 0.4) is 0 Å². The van der Waals surface area contributed by atoms with Crippen LogP contribution >= 0.6 is 27.3 Å². The van der Waals surface area contributed by atoms with Gasteiger partial charge in [0.05, 0.1) is 17.7 Å². The lowest BCUT2D eigenvalue weighted by Gasteiger charge is -2.34. The molecule has 106 valence electrons. The Bertz CT molecular complexity index is 488. The van der Waals surface area contributed by atoms with Crippen molar-refractivity contribution in [2.45, 2.75) is 26.4 Å². The van der Waals surface area contributed by atoms with Gasteiger partial charge in [0.2, 0.25) is 0 Å². The van der Waals surface area contributed by atoms with E-state index in [0.717, 1.165) is 15.8 Å². The lowest BCUT2D eigenvalue weighted by molar-refractivity contribution is 0.0250. The van der Waals surface area contributed by atoms with Crippen molar-refractivity contribution in [3.8, 4) is 5.75 Å². The fourth-order valence-corrected chi connectivity index (χ4v) is 3.92. The number of halogens is 1. The van der Waals surface area contributed by atoms with Gasteiger partial charge >= 0.3 is 0 Å². The van der Waals surface area contributed by atoms with Crippen molar-refractivity contribution in [2.24, 2.45) is 5.92 Å². The first kappa shape index (κ1) is 14.8. The second-order valence-corrected chi connectivity index (χ2v) is 6.94. The highest BCUT2D eigenvalue weighted by Crippen LogP contribution is 2.40. The molecule has 2 rings (SSSR count). The molecule has 1 aliphatic rings. The summed E-state index contributed by atoms with van der Waals surface area (Å²) in [7, 11) is 1.57. The van der Waals surface area contributed by atoms with Crippen LogP contribution in [0.1, 0.15) is 27.9 Å². The number of β-amino-alcohol motifs (C(OH)–C–C–N with tert-alkyl or cyclic N) is 1. The summed E-state index contributed by atoms with van der Waals surface area (Å²) in [5.74, 6) is 0.796. The van der Waals surface area contributed by atoms with Crippen LogP contribution in [0.25, 0.3) is 0 Å². The number of carbonyl (C=O) groups excluding carboxylic acids is 1. The minimum atomic E-state index is -0.437. The number of hydrogen-bond acceptors (Lipinski definition) is 4. The van der Waals surface area contributed by atoms with Gasteiger partial charge in [0.1, 0.15) is 4.88 Å². The van der Waals surface area contributed by atoms with Crippen LogP contribution in [0.15, 0.2) is 4.47 Å². The predicted octanol–water partition coefficient (Wildman–Crippen LogP) is 2.67. The van der Waals surface area contributed by atoms with Gasteiger partial charge in [-0.1, -0.05) is 6.92 Å². The summed E-state index contributed by atoms with van der Waals surface area (Å²) in [5.41, 5.74) is 0. The molecule has 0 saturated carbocycles. The smallest absolute Gasteiger partial charge is 0.267 e. The molecule has 6 heteroatoms. The maximum atomic E-state index is 12.5. The van der Waals surface area contributed by atoms with E-state index >= 15 is 0 Å². The van der Waals surface area contributed by atoms with E-state index in [4.69, 9.17) is 4.74 Å². The maximum Gasteiger partial charge on any atom is 0.267 e. The van der Waals surface area contributed by atoms with E-state index in [2.05, 4.69) is 15.9 Å². The number of nitrogens with zero attached hydrogens (tertiary/aromatic N) is 1. The highest BCUT2D eigenvalue weighted by Gasteiger charge is 2.31. The first-order valence-electron chi connectivity index (χ1n) is 6.26. The van der Waals surface area contributed by atoms with Crippen molar-refractivity contribution in [3.05, 3.63) is 14.2 Å². The van der Waals surface area contributed by atoms with Crippen LogP contribution in [-0.4, -0.2) is 42.2 Å². The third kappa shape index (κ3) is 2.80. The lowest BCUT2D eigenvalue weighted by atomic mass is 9.96. The summed E-state index contributed by atoms with van der Waals surface area (Å²) in [4.78, 5) is 15.9. The molecule has 2 atom stereocenters. The zero-order valence-corrected chi connectivity index (χ0v) is 13.7. The second-order valence-electron chi connectivity index (χ2n) is 4.92. The van der Waals surface area contributed by atoms with Crippen molar-refractivity contribution in [3.63, 3.8) is 0 Å². The monoisotopic (exact) mass is 347 g/mol. The molecule has 1 fully saturated rings. The number of aliphatic hydroxyl groups is 1. The summed E-state index contributed by atoms with van der Waals surface area (Å²) in [5, 5.41) is 9.90. The molecule has 1 aromatic rings. The van der Waals surface area contributed by atoms with Gasteiger partial charge in [-0.3, -0.25) is 4.79 Å². The highest BCUT2D eigenvalue weighted by atomic mass is 79.9. The molecule has 2 heterocycles. The number of carbonyl (C=O) groups is 1. The predicted molar refractivity (Wildman–Crippen MR) is 79.0 cm³/mol. The summed E-state index contributed by atoms with van der Waals surface area (Å²) in [6.45, 7) is 5.05. The lowest BCUT2D eigenvalue weighted by Crippen LogP contribution is -2.45. The SMILES string of the molecule is COc1c(C(=O)N2CCC(C)C(O)C2)sc(C)c1Br. The molecule has 1 aromatic heterocycles. The van der Waals surface area contributed by atoms with Gasteiger partial charge in [-0.2, -0.15) is 0 Å². The molecule has 2 unspecified atom stereocenters. The highest BCUT2D eigenvalue weighted by molar-refractivity contribution is 9.10. The molecule has 1 aliphatic heterocycles. The Morgan fingerprint density at radius 3 is 2.84 bits per heavy atom. The Morgan fingerprint density at radius 1 is 1.58 bits per heavy atom. The van der Waals surface area contributed by atoms with Gasteiger partial charge in [0, 0.05) is 18.0 Å². The van der Waals surface area contributed by atoms with Gasteiger partial charge in [0.15, 0.2) is 5.75 Å². The largest absolute Gasteiger partial charge is 0.494 e. The number of aliphatic hydroxyl groups excluding tert-OH is 1. The average Bonchev–Trinajstić information content (AvgIpc) is 2.68. The molecule has 1 saturated heterocycles. The van der Waals surface area contributed by atoms with Gasteiger partial charge in [-0.05, 0) is 35.2 Å². The van der Waals surface area contributed by atoms with Crippen LogP contribution in [0.5, 0.6) is 5.75 Å². The maximum absolute atomic E-state index is 12.5. The van der Waals surface area contributed by atoms with E-state index in [0.29, 0.717) is 23.7 Å². The topological polar surface area (TPSA) is 49.8 Å². The van der Waals surface area contributed by atoms with Crippen LogP contribution in [-0.2, 0) is 0 Å². The van der Waals surface area contributed by atoms with E-state index in [1.54, 1.807) is 12.0 Å². The standard InChI is InChI=1S/C13H18BrNO3S/c1-7-4-5-15(6-9(7)16)13(17)12-11(18-3)10(14)8(2)19-12/h7,9,16H,4-6H2,1-3H3. The molecule has 0 spiro atoms. The molecule has 1 N–H and O–H groups in total. The fraction of sp³-hybridized carbons (Fsp3) is 0.615. The summed E-state index contributed by atoms with van der Waals surface area (Å²) < 4.78 is 6.15. The number of ether oxygens (including phenoxy) is 1. The average molecular weight is 348 g/mol. The number of piperidine rings is 1. The molecule has 1 amide bonds. The van der Waals surface area contributed by atoms with Gasteiger partial charge < -0.3 is 14.7 Å². The van der Waals surface area contributed by atoms with Crippen molar-refractivity contribution in [1.29, 1.82) is 0 Å². The molecule has 0 aromatic carbocycles. The molecule has 0 aliphatic carbocycles. The Balaban J connectivity index is 2.23. The number of likely N-dealkylation sites (tertiary alicyclic amines) is 1. The Morgan fingerprint density at radius 2 is 2.26 bits per heavy atom. The zero-order valence-electron chi connectivity index (χ0n) is 11.3. The number of rotatable bonds is 2. The van der Waals surface area contributed by atoms with Gasteiger partial charge in [-0.25, -0.2) is 0 Å². The third-order valence-corrected chi connectivity index (χ3v) is 5.87. The summed E-state index contributed by atoms with van der Waals surface area (Å²) in [6.07, 6.45) is 0.397. The number of methoxy groups -OCH3 is 1. The van der Waals surface area contributed by atoms with Gasteiger partial charge in [0.25, 0.3) is 5.91 Å². The third-order valence-electron chi connectivity index (χ3n) is 3.57. The van der Waals surface area contributed by atoms with E-state index in [9.17, 15) is 9.90 Å². The Hall–Kier alpha value is -0.590. The van der Waals surface area contributed by atoms with E-state index in [1.165, 1.54) is 11.3 Å². The molecular weight excluding hydrogens is 330 g/mol. The van der Waals surface area contributed by atoms with Crippen LogP contribution < -0.4 is 4.74 Å². The van der Waals surface area contributed by atoms with E-state index in [-0.39, 0.29) is 11.8 Å². The van der Waals surface area contributed by atoms with Gasteiger partial charge in [-0.15, -0.1) is 11.3 Å². The van der Waals surface area contributed by atoms with Crippen molar-refractivity contribution in [1.82, 2.24) is 4.90 Å². The molecular formula is C13H18BrNO3S. The van der Waals surface area contributed by atoms with Crippen molar-refractivity contribution in [2.75, 3.05) is 20.2 Å². The minimum absolute atomic E-state index is 0.0541. The number of aryl methyl sites for hydroxylation is 1. The molecule has 0 bridgehead atoms. The second kappa shape index (κ2) is 5.81. The van der Waals surface area contributed by atoms with Crippen LogP contribution in [0, 0.1) is 12.8 Å². The molecule has 0 radical (unpaired) electrons. The first-order valence-corrected chi connectivity index (χ1v) is 7.86. The van der Waals surface area contributed by atoms with Crippen LogP contribution in [0.2, 0.25) is 0 Å².